The minimum absolute atomic E-state index is 0.534. The van der Waals surface area contributed by atoms with Crippen LogP contribution in [0.15, 0.2) is 253 Å². The van der Waals surface area contributed by atoms with Gasteiger partial charge in [-0.3, -0.25) is 0 Å². The van der Waals surface area contributed by atoms with Crippen LogP contribution >= 0.6 is 0 Å². The average Bonchev–Trinajstić information content (AvgIpc) is 3.89. The van der Waals surface area contributed by atoms with Crippen molar-refractivity contribution >= 4 is 39.0 Å². The van der Waals surface area contributed by atoms with E-state index in [1.54, 1.807) is 0 Å². The van der Waals surface area contributed by atoms with Crippen LogP contribution in [0.3, 0.4) is 0 Å². The van der Waals surface area contributed by atoms with E-state index in [4.69, 9.17) is 4.42 Å². The van der Waals surface area contributed by atoms with Gasteiger partial charge in [-0.15, -0.1) is 0 Å². The molecule has 0 radical (unpaired) electrons. The van der Waals surface area contributed by atoms with E-state index < -0.39 is 5.41 Å². The van der Waals surface area contributed by atoms with Gasteiger partial charge in [0.25, 0.3) is 0 Å². The molecule has 296 valence electrons. The maximum atomic E-state index is 6.25. The maximum absolute atomic E-state index is 6.25. The van der Waals surface area contributed by atoms with Gasteiger partial charge >= 0.3 is 0 Å². The minimum atomic E-state index is -0.534. The highest BCUT2D eigenvalue weighted by atomic mass is 16.3. The predicted octanol–water partition coefficient (Wildman–Crippen LogP) is 16.4. The van der Waals surface area contributed by atoms with E-state index in [0.29, 0.717) is 0 Å². The molecule has 1 aliphatic carbocycles. The minimum Gasteiger partial charge on any atom is -0.456 e. The highest BCUT2D eigenvalue weighted by Crippen LogP contribution is 2.60. The van der Waals surface area contributed by atoms with E-state index in [-0.39, 0.29) is 0 Å². The molecule has 0 amide bonds. The smallest absolute Gasteiger partial charge is 0.135 e. The zero-order chi connectivity index (χ0) is 41.7. The molecule has 0 saturated carbocycles. The van der Waals surface area contributed by atoms with Gasteiger partial charge in [0.1, 0.15) is 11.2 Å². The summed E-state index contributed by atoms with van der Waals surface area (Å²) in [6.07, 6.45) is 0. The first-order valence-corrected chi connectivity index (χ1v) is 21.7. The van der Waals surface area contributed by atoms with Gasteiger partial charge in [0.05, 0.1) is 16.8 Å². The average molecular weight is 804 g/mol. The Kier molecular flexibility index (Phi) is 8.76. The molecule has 1 aliphatic rings. The monoisotopic (exact) mass is 803 g/mol. The number of rotatable bonds is 8. The Hall–Kier alpha value is -8.20. The fourth-order valence-electron chi connectivity index (χ4n) is 10.2. The van der Waals surface area contributed by atoms with Gasteiger partial charge in [-0.25, -0.2) is 0 Å². The summed E-state index contributed by atoms with van der Waals surface area (Å²) in [7, 11) is 0. The third-order valence-corrected chi connectivity index (χ3v) is 13.0. The van der Waals surface area contributed by atoms with Crippen LogP contribution in [0.2, 0.25) is 0 Å². The molecule has 0 fully saturated rings. The number of furan rings is 1. The van der Waals surface area contributed by atoms with Crippen LogP contribution in [-0.2, 0) is 5.41 Å². The summed E-state index contributed by atoms with van der Waals surface area (Å²) < 4.78 is 6.25. The van der Waals surface area contributed by atoms with Crippen molar-refractivity contribution in [3.8, 4) is 44.5 Å². The van der Waals surface area contributed by atoms with E-state index in [0.717, 1.165) is 61.3 Å². The number of nitrogens with zero attached hydrogens (tertiary/aromatic N) is 1. The molecule has 1 heterocycles. The Bertz CT molecular complexity index is 3400. The van der Waals surface area contributed by atoms with E-state index in [2.05, 4.69) is 241 Å². The lowest BCUT2D eigenvalue weighted by molar-refractivity contribution is 0.669. The molecule has 0 unspecified atom stereocenters. The number of fused-ring (bicyclic) bond motifs is 6. The van der Waals surface area contributed by atoms with Crippen molar-refractivity contribution < 1.29 is 4.42 Å². The second-order valence-electron chi connectivity index (χ2n) is 16.4. The molecule has 63 heavy (non-hydrogen) atoms. The molecule has 0 atom stereocenters. The summed E-state index contributed by atoms with van der Waals surface area (Å²) in [4.78, 5) is 2.50. The Morgan fingerprint density at radius 3 is 1.62 bits per heavy atom. The van der Waals surface area contributed by atoms with Crippen molar-refractivity contribution in [2.24, 2.45) is 0 Å². The zero-order valence-electron chi connectivity index (χ0n) is 34.5. The summed E-state index contributed by atoms with van der Waals surface area (Å²) in [5, 5.41) is 2.24. The molecule has 11 aromatic rings. The number of anilines is 3. The fraction of sp³-hybridized carbons (Fsp3) is 0.0164. The summed E-state index contributed by atoms with van der Waals surface area (Å²) >= 11 is 0. The lowest BCUT2D eigenvalue weighted by Gasteiger charge is -2.34. The first-order valence-electron chi connectivity index (χ1n) is 21.7. The van der Waals surface area contributed by atoms with Gasteiger partial charge in [-0.05, 0) is 98.1 Å². The van der Waals surface area contributed by atoms with Crippen molar-refractivity contribution in [2.75, 3.05) is 4.90 Å². The van der Waals surface area contributed by atoms with Crippen molar-refractivity contribution in [3.05, 3.63) is 271 Å². The van der Waals surface area contributed by atoms with Crippen molar-refractivity contribution in [1.82, 2.24) is 0 Å². The number of hydrogen-bond acceptors (Lipinski definition) is 2. The molecule has 12 rings (SSSR count). The van der Waals surface area contributed by atoms with Crippen LogP contribution in [0, 0.1) is 0 Å². The first-order chi connectivity index (χ1) is 31.3. The van der Waals surface area contributed by atoms with Gasteiger partial charge in [-0.1, -0.05) is 206 Å². The molecule has 0 N–H and O–H groups in total. The first kappa shape index (κ1) is 36.6. The van der Waals surface area contributed by atoms with E-state index >= 15 is 0 Å². The molecule has 1 aromatic heterocycles. The summed E-state index contributed by atoms with van der Waals surface area (Å²) in [5.41, 5.74) is 19.0. The van der Waals surface area contributed by atoms with Gasteiger partial charge < -0.3 is 9.32 Å². The van der Waals surface area contributed by atoms with Gasteiger partial charge in [0.2, 0.25) is 0 Å². The third kappa shape index (κ3) is 5.95. The topological polar surface area (TPSA) is 16.4 Å². The molecule has 10 aromatic carbocycles. The van der Waals surface area contributed by atoms with Crippen LogP contribution in [-0.4, -0.2) is 0 Å². The van der Waals surface area contributed by atoms with Crippen LogP contribution in [0.25, 0.3) is 66.4 Å². The normalized spacial score (nSPS) is 12.6. The molecule has 0 spiro atoms. The Morgan fingerprint density at radius 2 is 0.841 bits per heavy atom. The highest BCUT2D eigenvalue weighted by Gasteiger charge is 2.47. The molecular formula is C61H41NO. The second kappa shape index (κ2) is 15.1. The van der Waals surface area contributed by atoms with Crippen LogP contribution < -0.4 is 4.90 Å². The SMILES string of the molecule is c1ccc(-c2ccc(-c3ccccc3N(c3cccc(-c4ccc5oc6ccccc6c5c4)c3)c3cccc4c3-c3ccccc3C4(c3ccccc3)c3ccccc3)cc2)cc1. The largest absolute Gasteiger partial charge is 0.456 e. The van der Waals surface area contributed by atoms with E-state index in [9.17, 15) is 0 Å². The van der Waals surface area contributed by atoms with Crippen LogP contribution in [0.5, 0.6) is 0 Å². The third-order valence-electron chi connectivity index (χ3n) is 13.0. The Labute approximate surface area is 367 Å². The summed E-state index contributed by atoms with van der Waals surface area (Å²) in [6.45, 7) is 0. The molecule has 0 saturated heterocycles. The number of hydrogen-bond donors (Lipinski definition) is 0. The van der Waals surface area contributed by atoms with Gasteiger partial charge in [-0.2, -0.15) is 0 Å². The summed E-state index contributed by atoms with van der Waals surface area (Å²) in [6, 6.07) is 90.4. The molecular weight excluding hydrogens is 763 g/mol. The maximum Gasteiger partial charge on any atom is 0.135 e. The lowest BCUT2D eigenvalue weighted by Crippen LogP contribution is -2.28. The molecule has 0 bridgehead atoms. The quantitative estimate of drug-likeness (QED) is 0.152. The lowest BCUT2D eigenvalue weighted by atomic mass is 9.68. The number of benzene rings is 10. The Balaban J connectivity index is 1.11. The molecule has 2 heteroatoms. The van der Waals surface area contributed by atoms with Crippen LogP contribution in [0.4, 0.5) is 17.1 Å². The summed E-state index contributed by atoms with van der Waals surface area (Å²) in [5.74, 6) is 0. The fourth-order valence-corrected chi connectivity index (χ4v) is 10.2. The number of para-hydroxylation sites is 2. The highest BCUT2D eigenvalue weighted by molar-refractivity contribution is 6.06. The second-order valence-corrected chi connectivity index (χ2v) is 16.4. The molecule has 0 aliphatic heterocycles. The van der Waals surface area contributed by atoms with Gasteiger partial charge in [0, 0.05) is 27.6 Å². The van der Waals surface area contributed by atoms with E-state index in [1.165, 1.54) is 44.5 Å². The van der Waals surface area contributed by atoms with Crippen molar-refractivity contribution in [3.63, 3.8) is 0 Å². The van der Waals surface area contributed by atoms with E-state index in [1.807, 2.05) is 12.1 Å². The Morgan fingerprint density at radius 1 is 0.317 bits per heavy atom. The zero-order valence-corrected chi connectivity index (χ0v) is 34.5. The predicted molar refractivity (Wildman–Crippen MR) is 262 cm³/mol. The van der Waals surface area contributed by atoms with Crippen molar-refractivity contribution in [2.45, 2.75) is 5.41 Å². The molecule has 2 nitrogen and oxygen atoms in total. The van der Waals surface area contributed by atoms with Gasteiger partial charge in [0.15, 0.2) is 0 Å². The van der Waals surface area contributed by atoms with Crippen LogP contribution in [0.1, 0.15) is 22.3 Å². The van der Waals surface area contributed by atoms with Crippen molar-refractivity contribution in [1.29, 1.82) is 0 Å². The standard InChI is InChI=1S/C61H41NO/c1-4-18-42(19-5-1)43-34-36-44(37-35-43)50-26-11-14-31-56(50)62(49-25-16-20-45(40-49)46-38-39-59-53(41-46)51-27-12-15-33-58(51)63-59)57-32-17-30-55-60(57)52-28-10-13-29-54(52)61(55,47-21-6-2-7-22-47)48-23-8-3-9-24-48/h1-41H.